The molecule has 4 aromatic rings. The Morgan fingerprint density at radius 3 is 2.62 bits per heavy atom. The molecule has 8 nitrogen and oxygen atoms in total. The first-order valence-electron chi connectivity index (χ1n) is 13.0. The van der Waals surface area contributed by atoms with Crippen molar-refractivity contribution < 1.29 is 18.7 Å². The van der Waals surface area contributed by atoms with E-state index in [-0.39, 0.29) is 18.0 Å². The highest BCUT2D eigenvalue weighted by molar-refractivity contribution is 5.95. The molecule has 9 heteroatoms. The van der Waals surface area contributed by atoms with E-state index < -0.39 is 5.82 Å². The maximum atomic E-state index is 14.8. The number of hydrogen-bond acceptors (Lipinski definition) is 7. The number of anilines is 3. The van der Waals surface area contributed by atoms with Crippen molar-refractivity contribution >= 4 is 34.0 Å². The molecule has 1 amide bonds. The molecule has 2 heterocycles. The Kier molecular flexibility index (Phi) is 8.17. The molecule has 0 spiro atoms. The van der Waals surface area contributed by atoms with Crippen molar-refractivity contribution in [3.8, 4) is 11.5 Å². The van der Waals surface area contributed by atoms with Crippen LogP contribution in [-0.4, -0.2) is 54.6 Å². The van der Waals surface area contributed by atoms with Crippen molar-refractivity contribution in [3.63, 3.8) is 0 Å². The molecule has 1 aromatic heterocycles. The number of aromatic nitrogens is 2. The van der Waals surface area contributed by atoms with Gasteiger partial charge in [0.2, 0.25) is 5.91 Å². The van der Waals surface area contributed by atoms with E-state index in [1.165, 1.54) is 18.5 Å². The summed E-state index contributed by atoms with van der Waals surface area (Å²) in [5, 5.41) is 6.54. The summed E-state index contributed by atoms with van der Waals surface area (Å²) in [6.45, 7) is 2.75. The summed E-state index contributed by atoms with van der Waals surface area (Å²) in [4.78, 5) is 23.6. The Hall–Kier alpha value is -4.24. The first-order chi connectivity index (χ1) is 19.0. The van der Waals surface area contributed by atoms with Gasteiger partial charge in [-0.3, -0.25) is 4.79 Å². The summed E-state index contributed by atoms with van der Waals surface area (Å²) in [6, 6.07) is 17.4. The second-order valence-corrected chi connectivity index (χ2v) is 9.83. The highest BCUT2D eigenvalue weighted by Gasteiger charge is 2.19. The minimum absolute atomic E-state index is 0.175. The topological polar surface area (TPSA) is 88.6 Å². The summed E-state index contributed by atoms with van der Waals surface area (Å²) in [7, 11) is 3.72. The predicted octanol–water partition coefficient (Wildman–Crippen LogP) is 5.42. The zero-order chi connectivity index (χ0) is 27.2. The third-order valence-electron chi connectivity index (χ3n) is 6.94. The van der Waals surface area contributed by atoms with Crippen molar-refractivity contribution in [2.45, 2.75) is 19.3 Å². The van der Waals surface area contributed by atoms with E-state index in [1.807, 2.05) is 36.4 Å². The van der Waals surface area contributed by atoms with Gasteiger partial charge in [0.15, 0.2) is 11.5 Å². The number of carbonyl (C=O) groups excluding carboxylic acids is 1. The lowest BCUT2D eigenvalue weighted by Crippen LogP contribution is -2.32. The highest BCUT2D eigenvalue weighted by Crippen LogP contribution is 2.36. The Labute approximate surface area is 227 Å². The monoisotopic (exact) mass is 529 g/mol. The van der Waals surface area contributed by atoms with E-state index in [0.717, 1.165) is 31.5 Å². The first-order valence-corrected chi connectivity index (χ1v) is 13.0. The van der Waals surface area contributed by atoms with Crippen LogP contribution in [0.15, 0.2) is 67.0 Å². The van der Waals surface area contributed by atoms with Crippen LogP contribution in [0.3, 0.4) is 0 Å². The van der Waals surface area contributed by atoms with Crippen LogP contribution in [0.2, 0.25) is 0 Å². The van der Waals surface area contributed by atoms with E-state index in [0.29, 0.717) is 46.4 Å². The van der Waals surface area contributed by atoms with Crippen LogP contribution >= 0.6 is 0 Å². The number of fused-ring (bicyclic) bond motifs is 1. The van der Waals surface area contributed by atoms with Crippen LogP contribution in [0.4, 0.5) is 21.6 Å². The number of hydrogen-bond donors (Lipinski definition) is 2. The molecule has 0 unspecified atom stereocenters. The lowest BCUT2D eigenvalue weighted by Gasteiger charge is -2.28. The zero-order valence-corrected chi connectivity index (χ0v) is 22.1. The third-order valence-corrected chi connectivity index (χ3v) is 6.94. The van der Waals surface area contributed by atoms with Gasteiger partial charge in [0.1, 0.15) is 18.0 Å². The van der Waals surface area contributed by atoms with Crippen molar-refractivity contribution in [1.82, 2.24) is 14.9 Å². The Morgan fingerprint density at radius 1 is 1.05 bits per heavy atom. The molecule has 1 fully saturated rings. The maximum absolute atomic E-state index is 14.8. The normalized spacial score (nSPS) is 14.2. The van der Waals surface area contributed by atoms with Gasteiger partial charge in [-0.1, -0.05) is 30.3 Å². The number of amides is 1. The van der Waals surface area contributed by atoms with Gasteiger partial charge in [-0.05, 0) is 68.7 Å². The van der Waals surface area contributed by atoms with Crippen LogP contribution < -0.4 is 20.1 Å². The molecular weight excluding hydrogens is 497 g/mol. The van der Waals surface area contributed by atoms with Crippen molar-refractivity contribution in [1.29, 1.82) is 0 Å². The van der Waals surface area contributed by atoms with E-state index in [2.05, 4.69) is 32.5 Å². The molecule has 0 atom stereocenters. The fraction of sp³-hybridized carbons (Fsp3) is 0.300. The molecule has 5 rings (SSSR count). The number of nitrogens with zero attached hydrogens (tertiary/aromatic N) is 3. The molecule has 0 aliphatic carbocycles. The SMILES string of the molecule is COc1cc2c(Nc3cc(NC(=O)Cc4ccccc4)ccc3F)ncnc2cc1OCC1CCN(C)CC1. The molecule has 0 bridgehead atoms. The number of halogens is 1. The number of rotatable bonds is 9. The van der Waals surface area contributed by atoms with Gasteiger partial charge in [-0.2, -0.15) is 0 Å². The van der Waals surface area contributed by atoms with Crippen molar-refractivity contribution in [3.05, 3.63) is 78.4 Å². The van der Waals surface area contributed by atoms with Crippen molar-refractivity contribution in [2.24, 2.45) is 5.92 Å². The molecule has 202 valence electrons. The van der Waals surface area contributed by atoms with Crippen LogP contribution in [0.1, 0.15) is 18.4 Å². The predicted molar refractivity (Wildman–Crippen MR) is 150 cm³/mol. The summed E-state index contributed by atoms with van der Waals surface area (Å²) in [6.07, 6.45) is 3.83. The van der Waals surface area contributed by atoms with Gasteiger partial charge in [0.25, 0.3) is 0 Å². The number of piperidine rings is 1. The largest absolute Gasteiger partial charge is 0.493 e. The summed E-state index contributed by atoms with van der Waals surface area (Å²) >= 11 is 0. The summed E-state index contributed by atoms with van der Waals surface area (Å²) < 4.78 is 26.6. The van der Waals surface area contributed by atoms with Crippen LogP contribution in [-0.2, 0) is 11.2 Å². The molecule has 1 aliphatic rings. The molecule has 3 aromatic carbocycles. The smallest absolute Gasteiger partial charge is 0.228 e. The Bertz CT molecular complexity index is 1440. The number of carbonyl (C=O) groups is 1. The third kappa shape index (κ3) is 6.61. The molecule has 2 N–H and O–H groups in total. The van der Waals surface area contributed by atoms with Crippen LogP contribution in [0, 0.1) is 11.7 Å². The molecule has 39 heavy (non-hydrogen) atoms. The Morgan fingerprint density at radius 2 is 1.85 bits per heavy atom. The lowest BCUT2D eigenvalue weighted by atomic mass is 9.98. The van der Waals surface area contributed by atoms with Gasteiger partial charge >= 0.3 is 0 Å². The van der Waals surface area contributed by atoms with Gasteiger partial charge in [0, 0.05) is 17.1 Å². The summed E-state index contributed by atoms with van der Waals surface area (Å²) in [5.41, 5.74) is 2.18. The number of likely N-dealkylation sites (tertiary alicyclic amines) is 1. The number of benzene rings is 3. The average Bonchev–Trinajstić information content (AvgIpc) is 2.94. The highest BCUT2D eigenvalue weighted by atomic mass is 19.1. The van der Waals surface area contributed by atoms with Gasteiger partial charge in [0.05, 0.1) is 31.3 Å². The molecule has 1 saturated heterocycles. The number of methoxy groups -OCH3 is 1. The quantitative estimate of drug-likeness (QED) is 0.299. The van der Waals surface area contributed by atoms with E-state index in [9.17, 15) is 9.18 Å². The van der Waals surface area contributed by atoms with E-state index in [1.54, 1.807) is 19.2 Å². The molecule has 0 saturated carbocycles. The lowest BCUT2D eigenvalue weighted by molar-refractivity contribution is -0.115. The summed E-state index contributed by atoms with van der Waals surface area (Å²) in [5.74, 6) is 1.40. The fourth-order valence-electron chi connectivity index (χ4n) is 4.69. The maximum Gasteiger partial charge on any atom is 0.228 e. The van der Waals surface area contributed by atoms with E-state index in [4.69, 9.17) is 9.47 Å². The molecular formula is C30H32FN5O3. The first kappa shape index (κ1) is 26.4. The van der Waals surface area contributed by atoms with E-state index >= 15 is 0 Å². The minimum Gasteiger partial charge on any atom is -0.493 e. The number of ether oxygens (including phenoxy) is 2. The Balaban J connectivity index is 1.33. The van der Waals surface area contributed by atoms with Crippen LogP contribution in [0.25, 0.3) is 10.9 Å². The molecule has 0 radical (unpaired) electrons. The minimum atomic E-state index is -0.479. The van der Waals surface area contributed by atoms with Gasteiger partial charge in [-0.25, -0.2) is 14.4 Å². The van der Waals surface area contributed by atoms with Crippen molar-refractivity contribution in [2.75, 3.05) is 44.5 Å². The second kappa shape index (κ2) is 12.1. The van der Waals surface area contributed by atoms with Crippen LogP contribution in [0.5, 0.6) is 11.5 Å². The van der Waals surface area contributed by atoms with Gasteiger partial charge in [-0.15, -0.1) is 0 Å². The second-order valence-electron chi connectivity index (χ2n) is 9.83. The fourth-order valence-corrected chi connectivity index (χ4v) is 4.69. The van der Waals surface area contributed by atoms with Gasteiger partial charge < -0.3 is 25.0 Å². The standard InChI is InChI=1S/C30H32FN5O3/c1-36-12-10-21(11-13-36)18-39-28-17-25-23(16-27(28)38-2)30(33-19-32-25)35-26-15-22(8-9-24(26)31)34-29(37)14-20-6-4-3-5-7-20/h3-9,15-17,19,21H,10-14,18H2,1-2H3,(H,34,37)(H,32,33,35). The average molecular weight is 530 g/mol. The molecule has 1 aliphatic heterocycles. The number of nitrogens with one attached hydrogen (secondary N) is 2. The zero-order valence-electron chi connectivity index (χ0n) is 22.1.